The van der Waals surface area contributed by atoms with Gasteiger partial charge in [0.25, 0.3) is 0 Å². The molecule has 5 heteroatoms. The second kappa shape index (κ2) is 7.52. The Morgan fingerprint density at radius 2 is 2.05 bits per heavy atom. The Morgan fingerprint density at radius 3 is 2.62 bits per heavy atom. The number of amides is 1. The molecule has 1 aromatic carbocycles. The predicted octanol–water partition coefficient (Wildman–Crippen LogP) is 2.54. The van der Waals surface area contributed by atoms with Gasteiger partial charge in [-0.3, -0.25) is 4.79 Å². The van der Waals surface area contributed by atoms with Crippen LogP contribution >= 0.6 is 0 Å². The van der Waals surface area contributed by atoms with E-state index in [2.05, 4.69) is 10.6 Å². The van der Waals surface area contributed by atoms with Gasteiger partial charge in [0.05, 0.1) is 6.10 Å². The first-order valence-electron chi connectivity index (χ1n) is 7.15. The first kappa shape index (κ1) is 17.6. The highest BCUT2D eigenvalue weighted by Crippen LogP contribution is 2.18. The fourth-order valence-electron chi connectivity index (χ4n) is 1.75. The van der Waals surface area contributed by atoms with Gasteiger partial charge >= 0.3 is 0 Å². The van der Waals surface area contributed by atoms with Crippen LogP contribution in [0.5, 0.6) is 0 Å². The number of carbonyl (C=O) groups excluding carboxylic acids is 1. The minimum Gasteiger partial charge on any atom is -0.391 e. The van der Waals surface area contributed by atoms with Gasteiger partial charge in [0.1, 0.15) is 5.82 Å². The molecule has 0 fully saturated rings. The van der Waals surface area contributed by atoms with Gasteiger partial charge in [0.2, 0.25) is 5.91 Å². The van der Waals surface area contributed by atoms with Crippen LogP contribution in [0.15, 0.2) is 24.3 Å². The molecule has 2 unspecified atom stereocenters. The first-order chi connectivity index (χ1) is 9.68. The van der Waals surface area contributed by atoms with Crippen molar-refractivity contribution in [1.29, 1.82) is 0 Å². The van der Waals surface area contributed by atoms with Crippen LogP contribution in [-0.4, -0.2) is 29.7 Å². The SMILES string of the molecule is CC(CC(=O)Nc1cccc(F)c1)NCC(O)C(C)(C)C. The lowest BCUT2D eigenvalue weighted by Gasteiger charge is -2.27. The van der Waals surface area contributed by atoms with Crippen LogP contribution in [0.1, 0.15) is 34.1 Å². The van der Waals surface area contributed by atoms with Gasteiger partial charge in [-0.15, -0.1) is 0 Å². The van der Waals surface area contributed by atoms with Gasteiger partial charge in [0.15, 0.2) is 0 Å². The average Bonchev–Trinajstić information content (AvgIpc) is 2.34. The van der Waals surface area contributed by atoms with Crippen LogP contribution in [-0.2, 0) is 4.79 Å². The standard InChI is InChI=1S/C16H25FN2O2/c1-11(18-10-14(20)16(2,3)4)8-15(21)19-13-7-5-6-12(17)9-13/h5-7,9,11,14,18,20H,8,10H2,1-4H3,(H,19,21). The Hall–Kier alpha value is -1.46. The zero-order valence-corrected chi connectivity index (χ0v) is 13.1. The third-order valence-electron chi connectivity index (χ3n) is 3.26. The molecule has 1 aromatic rings. The van der Waals surface area contributed by atoms with Gasteiger partial charge in [-0.05, 0) is 30.5 Å². The maximum absolute atomic E-state index is 13.0. The maximum atomic E-state index is 13.0. The van der Waals surface area contributed by atoms with E-state index in [0.29, 0.717) is 12.2 Å². The lowest BCUT2D eigenvalue weighted by atomic mass is 9.89. The Kier molecular flexibility index (Phi) is 6.30. The molecule has 0 aliphatic heterocycles. The van der Waals surface area contributed by atoms with E-state index in [1.54, 1.807) is 12.1 Å². The van der Waals surface area contributed by atoms with E-state index in [4.69, 9.17) is 0 Å². The van der Waals surface area contributed by atoms with Gasteiger partial charge < -0.3 is 15.7 Å². The maximum Gasteiger partial charge on any atom is 0.225 e. The van der Waals surface area contributed by atoms with Crippen LogP contribution in [0.2, 0.25) is 0 Å². The molecular formula is C16H25FN2O2. The summed E-state index contributed by atoms with van der Waals surface area (Å²) in [4.78, 5) is 11.8. The number of aliphatic hydroxyl groups is 1. The van der Waals surface area contributed by atoms with Crippen molar-refractivity contribution in [3.05, 3.63) is 30.1 Å². The van der Waals surface area contributed by atoms with Crippen molar-refractivity contribution in [2.75, 3.05) is 11.9 Å². The lowest BCUT2D eigenvalue weighted by Crippen LogP contribution is -2.41. The molecule has 0 saturated heterocycles. The van der Waals surface area contributed by atoms with Crippen molar-refractivity contribution in [3.63, 3.8) is 0 Å². The Labute approximate surface area is 125 Å². The van der Waals surface area contributed by atoms with Crippen molar-refractivity contribution in [2.24, 2.45) is 5.41 Å². The summed E-state index contributed by atoms with van der Waals surface area (Å²) >= 11 is 0. The molecule has 0 aliphatic rings. The normalized spacial score (nSPS) is 14.6. The van der Waals surface area contributed by atoms with Gasteiger partial charge in [0, 0.05) is 24.7 Å². The summed E-state index contributed by atoms with van der Waals surface area (Å²) in [5.74, 6) is -0.571. The van der Waals surface area contributed by atoms with Crippen molar-refractivity contribution in [3.8, 4) is 0 Å². The summed E-state index contributed by atoms with van der Waals surface area (Å²) < 4.78 is 13.0. The summed E-state index contributed by atoms with van der Waals surface area (Å²) in [6, 6.07) is 5.72. The molecule has 4 nitrogen and oxygen atoms in total. The zero-order chi connectivity index (χ0) is 16.0. The van der Waals surface area contributed by atoms with Gasteiger partial charge in [-0.25, -0.2) is 4.39 Å². The predicted molar refractivity (Wildman–Crippen MR) is 82.6 cm³/mol. The summed E-state index contributed by atoms with van der Waals surface area (Å²) in [5.41, 5.74) is 0.248. The third kappa shape index (κ3) is 6.69. The van der Waals surface area contributed by atoms with E-state index in [1.807, 2.05) is 27.7 Å². The number of carbonyl (C=O) groups is 1. The Balaban J connectivity index is 2.37. The summed E-state index contributed by atoms with van der Waals surface area (Å²) in [6.07, 6.45) is -0.223. The number of aliphatic hydroxyl groups excluding tert-OH is 1. The topological polar surface area (TPSA) is 61.4 Å². The highest BCUT2D eigenvalue weighted by molar-refractivity contribution is 5.91. The van der Waals surface area contributed by atoms with Crippen LogP contribution < -0.4 is 10.6 Å². The molecule has 0 aromatic heterocycles. The van der Waals surface area contributed by atoms with E-state index < -0.39 is 6.10 Å². The monoisotopic (exact) mass is 296 g/mol. The second-order valence-corrected chi connectivity index (χ2v) is 6.45. The molecule has 0 bridgehead atoms. The molecule has 118 valence electrons. The molecule has 0 heterocycles. The van der Waals surface area contributed by atoms with Gasteiger partial charge in [-0.1, -0.05) is 26.8 Å². The molecule has 0 spiro atoms. The molecule has 21 heavy (non-hydrogen) atoms. The Bertz CT molecular complexity index is 472. The van der Waals surface area contributed by atoms with Crippen molar-refractivity contribution in [2.45, 2.75) is 46.3 Å². The highest BCUT2D eigenvalue weighted by Gasteiger charge is 2.22. The van der Waals surface area contributed by atoms with Crippen molar-refractivity contribution >= 4 is 11.6 Å². The van der Waals surface area contributed by atoms with E-state index in [9.17, 15) is 14.3 Å². The molecule has 0 radical (unpaired) electrons. The minimum absolute atomic E-state index is 0.0736. The molecule has 3 N–H and O–H groups in total. The quantitative estimate of drug-likeness (QED) is 0.756. The fourth-order valence-corrected chi connectivity index (χ4v) is 1.75. The summed E-state index contributed by atoms with van der Waals surface area (Å²) in [7, 11) is 0. The number of halogens is 1. The van der Waals surface area contributed by atoms with Crippen molar-refractivity contribution in [1.82, 2.24) is 5.32 Å². The van der Waals surface area contributed by atoms with Crippen LogP contribution in [0, 0.1) is 11.2 Å². The fraction of sp³-hybridized carbons (Fsp3) is 0.562. The zero-order valence-electron chi connectivity index (χ0n) is 13.1. The van der Waals surface area contributed by atoms with E-state index in [-0.39, 0.29) is 29.6 Å². The van der Waals surface area contributed by atoms with Gasteiger partial charge in [-0.2, -0.15) is 0 Å². The highest BCUT2D eigenvalue weighted by atomic mass is 19.1. The lowest BCUT2D eigenvalue weighted by molar-refractivity contribution is -0.116. The average molecular weight is 296 g/mol. The van der Waals surface area contributed by atoms with Crippen LogP contribution in [0.25, 0.3) is 0 Å². The largest absolute Gasteiger partial charge is 0.391 e. The van der Waals surface area contributed by atoms with E-state index in [1.165, 1.54) is 12.1 Å². The number of rotatable bonds is 6. The molecular weight excluding hydrogens is 271 g/mol. The molecule has 1 amide bonds. The molecule has 1 rings (SSSR count). The smallest absolute Gasteiger partial charge is 0.225 e. The van der Waals surface area contributed by atoms with Crippen molar-refractivity contribution < 1.29 is 14.3 Å². The number of hydrogen-bond donors (Lipinski definition) is 3. The number of anilines is 1. The van der Waals surface area contributed by atoms with Crippen LogP contribution in [0.4, 0.5) is 10.1 Å². The van der Waals surface area contributed by atoms with Crippen LogP contribution in [0.3, 0.4) is 0 Å². The number of nitrogens with one attached hydrogen (secondary N) is 2. The summed E-state index contributed by atoms with van der Waals surface area (Å²) in [6.45, 7) is 8.18. The molecule has 2 atom stereocenters. The van der Waals surface area contributed by atoms with E-state index >= 15 is 0 Å². The minimum atomic E-state index is -0.480. The number of hydrogen-bond acceptors (Lipinski definition) is 3. The molecule has 0 saturated carbocycles. The summed E-state index contributed by atoms with van der Waals surface area (Å²) in [5, 5.41) is 15.7. The second-order valence-electron chi connectivity index (χ2n) is 6.45. The first-order valence-corrected chi connectivity index (χ1v) is 7.15. The number of benzene rings is 1. The molecule has 0 aliphatic carbocycles. The Morgan fingerprint density at radius 1 is 1.38 bits per heavy atom. The van der Waals surface area contributed by atoms with E-state index in [0.717, 1.165) is 0 Å². The third-order valence-corrected chi connectivity index (χ3v) is 3.26.